The van der Waals surface area contributed by atoms with Gasteiger partial charge in [0.2, 0.25) is 0 Å². The summed E-state index contributed by atoms with van der Waals surface area (Å²) in [6.45, 7) is 2.50. The Labute approximate surface area is 65.2 Å². The van der Waals surface area contributed by atoms with E-state index in [1.54, 1.807) is 0 Å². The monoisotopic (exact) mass is 197 g/mol. The average Bonchev–Trinajstić information content (AvgIpc) is 1.91. The second-order valence-electron chi connectivity index (χ2n) is 2.20. The SMILES string of the molecule is CC1=C(C)S(=O)(=O)NS1(=O)=O. The molecule has 1 aliphatic heterocycles. The molecular weight excluding hydrogens is 190 g/mol. The summed E-state index contributed by atoms with van der Waals surface area (Å²) in [5, 5.41) is 0. The van der Waals surface area contributed by atoms with Gasteiger partial charge in [0.25, 0.3) is 20.0 Å². The first kappa shape index (κ1) is 8.69. The lowest BCUT2D eigenvalue weighted by Gasteiger charge is -1.91. The van der Waals surface area contributed by atoms with Crippen molar-refractivity contribution in [1.29, 1.82) is 0 Å². The topological polar surface area (TPSA) is 80.3 Å². The van der Waals surface area contributed by atoms with E-state index in [0.29, 0.717) is 0 Å². The van der Waals surface area contributed by atoms with E-state index in [4.69, 9.17) is 0 Å². The van der Waals surface area contributed by atoms with Gasteiger partial charge >= 0.3 is 0 Å². The van der Waals surface area contributed by atoms with Crippen LogP contribution in [-0.2, 0) is 20.0 Å². The molecule has 1 aliphatic rings. The predicted octanol–water partition coefficient (Wildman–Crippen LogP) is -0.499. The zero-order chi connectivity index (χ0) is 8.86. The minimum Gasteiger partial charge on any atom is -0.206 e. The molecule has 5 nitrogen and oxygen atoms in total. The molecule has 0 aliphatic carbocycles. The van der Waals surface area contributed by atoms with Gasteiger partial charge in [-0.25, -0.2) is 16.8 Å². The van der Waals surface area contributed by atoms with Crippen LogP contribution < -0.4 is 4.13 Å². The number of allylic oxidation sites excluding steroid dienone is 2. The van der Waals surface area contributed by atoms with Gasteiger partial charge in [0.1, 0.15) is 0 Å². The molecule has 0 aromatic rings. The van der Waals surface area contributed by atoms with Crippen molar-refractivity contribution in [3.8, 4) is 0 Å². The van der Waals surface area contributed by atoms with E-state index >= 15 is 0 Å². The molecular formula is C4H7NO4S2. The van der Waals surface area contributed by atoms with Crippen molar-refractivity contribution in [2.75, 3.05) is 0 Å². The Hall–Kier alpha value is -0.400. The molecule has 7 heteroatoms. The Morgan fingerprint density at radius 2 is 1.18 bits per heavy atom. The lowest BCUT2D eigenvalue weighted by molar-refractivity contribution is 0.588. The molecule has 64 valence electrons. The molecule has 1 heterocycles. The lowest BCUT2D eigenvalue weighted by atomic mass is 10.6. The van der Waals surface area contributed by atoms with E-state index in [1.165, 1.54) is 18.0 Å². The van der Waals surface area contributed by atoms with Gasteiger partial charge in [-0.2, -0.15) is 0 Å². The van der Waals surface area contributed by atoms with Gasteiger partial charge in [-0.15, -0.1) is 4.13 Å². The molecule has 1 N–H and O–H groups in total. The average molecular weight is 197 g/mol. The third kappa shape index (κ3) is 1.19. The van der Waals surface area contributed by atoms with Crippen molar-refractivity contribution in [3.05, 3.63) is 9.81 Å². The highest BCUT2D eigenvalue weighted by Crippen LogP contribution is 2.22. The first-order chi connectivity index (χ1) is 4.77. The van der Waals surface area contributed by atoms with Crippen LogP contribution >= 0.6 is 0 Å². The summed E-state index contributed by atoms with van der Waals surface area (Å²) in [6.07, 6.45) is 0. The summed E-state index contributed by atoms with van der Waals surface area (Å²) >= 11 is 0. The van der Waals surface area contributed by atoms with Crippen molar-refractivity contribution in [2.24, 2.45) is 0 Å². The molecule has 0 bridgehead atoms. The summed E-state index contributed by atoms with van der Waals surface area (Å²) in [6, 6.07) is 0. The molecule has 0 saturated carbocycles. The van der Waals surface area contributed by atoms with Crippen LogP contribution in [0.15, 0.2) is 9.81 Å². The molecule has 0 spiro atoms. The van der Waals surface area contributed by atoms with Crippen LogP contribution in [0.5, 0.6) is 0 Å². The molecule has 0 unspecified atom stereocenters. The van der Waals surface area contributed by atoms with Gasteiger partial charge in [0.05, 0.1) is 9.81 Å². The van der Waals surface area contributed by atoms with Crippen molar-refractivity contribution < 1.29 is 16.8 Å². The molecule has 1 rings (SSSR count). The lowest BCUT2D eigenvalue weighted by Crippen LogP contribution is -2.22. The molecule has 0 radical (unpaired) electrons. The van der Waals surface area contributed by atoms with Gasteiger partial charge in [0.15, 0.2) is 0 Å². The Balaban J connectivity index is 3.56. The Bertz CT molecular complexity index is 373. The quantitative estimate of drug-likeness (QED) is 0.567. The number of sulfonamides is 2. The minimum absolute atomic E-state index is 0.127. The third-order valence-corrected chi connectivity index (χ3v) is 5.63. The largest absolute Gasteiger partial charge is 0.250 e. The number of nitrogens with one attached hydrogen (secondary N) is 1. The van der Waals surface area contributed by atoms with E-state index in [2.05, 4.69) is 0 Å². The summed E-state index contributed by atoms with van der Waals surface area (Å²) in [7, 11) is -7.48. The smallest absolute Gasteiger partial charge is 0.206 e. The van der Waals surface area contributed by atoms with Crippen LogP contribution in [-0.4, -0.2) is 16.8 Å². The first-order valence-corrected chi connectivity index (χ1v) is 5.70. The fraction of sp³-hybridized carbons (Fsp3) is 0.500. The molecule has 0 aromatic carbocycles. The Kier molecular flexibility index (Phi) is 1.62. The fourth-order valence-corrected chi connectivity index (χ4v) is 4.22. The second kappa shape index (κ2) is 2.05. The number of hydrogen-bond donors (Lipinski definition) is 1. The maximum atomic E-state index is 10.8. The molecule has 0 saturated heterocycles. The molecule has 0 amide bonds. The maximum Gasteiger partial charge on any atom is 0.250 e. The first-order valence-electron chi connectivity index (χ1n) is 2.73. The standard InChI is InChI=1S/C4H7NO4S2/c1-3-4(2)11(8,9)5-10(3,6)7/h5H,1-2H3. The van der Waals surface area contributed by atoms with E-state index in [0.717, 1.165) is 0 Å². The van der Waals surface area contributed by atoms with Crippen LogP contribution in [0.2, 0.25) is 0 Å². The minimum atomic E-state index is -3.74. The van der Waals surface area contributed by atoms with Crippen molar-refractivity contribution in [2.45, 2.75) is 13.8 Å². The molecule has 0 atom stereocenters. The number of hydrogen-bond acceptors (Lipinski definition) is 4. The van der Waals surface area contributed by atoms with E-state index < -0.39 is 20.0 Å². The predicted molar refractivity (Wildman–Crippen MR) is 39.3 cm³/mol. The van der Waals surface area contributed by atoms with Crippen molar-refractivity contribution in [1.82, 2.24) is 4.13 Å². The maximum absolute atomic E-state index is 10.8. The van der Waals surface area contributed by atoms with Gasteiger partial charge in [-0.3, -0.25) is 0 Å². The van der Waals surface area contributed by atoms with Gasteiger partial charge in [-0.1, -0.05) is 0 Å². The normalized spacial score (nSPS) is 27.5. The summed E-state index contributed by atoms with van der Waals surface area (Å²) in [4.78, 5) is -0.255. The Morgan fingerprint density at radius 1 is 0.909 bits per heavy atom. The fourth-order valence-electron chi connectivity index (χ4n) is 0.648. The van der Waals surface area contributed by atoms with E-state index in [1.807, 2.05) is 0 Å². The summed E-state index contributed by atoms with van der Waals surface area (Å²) < 4.78 is 44.9. The van der Waals surface area contributed by atoms with Crippen LogP contribution in [0.3, 0.4) is 0 Å². The van der Waals surface area contributed by atoms with Crippen molar-refractivity contribution >= 4 is 20.0 Å². The zero-order valence-corrected chi connectivity index (χ0v) is 7.58. The third-order valence-electron chi connectivity index (χ3n) is 1.52. The van der Waals surface area contributed by atoms with Crippen LogP contribution in [0, 0.1) is 0 Å². The highest BCUT2D eigenvalue weighted by molar-refractivity contribution is 8.11. The summed E-state index contributed by atoms with van der Waals surface area (Å²) in [5.41, 5.74) is 0. The zero-order valence-electron chi connectivity index (χ0n) is 5.95. The van der Waals surface area contributed by atoms with E-state index in [9.17, 15) is 16.8 Å². The number of rotatable bonds is 0. The van der Waals surface area contributed by atoms with Crippen molar-refractivity contribution in [3.63, 3.8) is 0 Å². The molecule has 0 aromatic heterocycles. The van der Waals surface area contributed by atoms with Crippen LogP contribution in [0.1, 0.15) is 13.8 Å². The highest BCUT2D eigenvalue weighted by Gasteiger charge is 2.35. The van der Waals surface area contributed by atoms with Crippen LogP contribution in [0.25, 0.3) is 0 Å². The van der Waals surface area contributed by atoms with E-state index in [-0.39, 0.29) is 9.81 Å². The van der Waals surface area contributed by atoms with Gasteiger partial charge < -0.3 is 0 Å². The summed E-state index contributed by atoms with van der Waals surface area (Å²) in [5.74, 6) is 0. The molecule has 0 fully saturated rings. The van der Waals surface area contributed by atoms with Gasteiger partial charge in [-0.05, 0) is 13.8 Å². The Morgan fingerprint density at radius 3 is 1.27 bits per heavy atom. The van der Waals surface area contributed by atoms with Gasteiger partial charge in [0, 0.05) is 0 Å². The molecule has 11 heavy (non-hydrogen) atoms. The highest BCUT2D eigenvalue weighted by atomic mass is 32.3. The van der Waals surface area contributed by atoms with Crippen LogP contribution in [0.4, 0.5) is 0 Å². The second-order valence-corrected chi connectivity index (χ2v) is 6.11.